The largest absolute Gasteiger partial charge is 0.348 e. The number of nitrogens with one attached hydrogen (secondary N) is 2. The van der Waals surface area contributed by atoms with E-state index < -0.39 is 0 Å². The minimum absolute atomic E-state index is 0.00354. The van der Waals surface area contributed by atoms with Gasteiger partial charge in [0.1, 0.15) is 0 Å². The highest BCUT2D eigenvalue weighted by Gasteiger charge is 2.36. The Hall–Kier alpha value is -1.36. The Balaban J connectivity index is 1.64. The average Bonchev–Trinajstić information content (AvgIpc) is 2.98. The average molecular weight is 234 g/mol. The number of aromatic amines is 1. The fourth-order valence-corrected chi connectivity index (χ4v) is 3.04. The Morgan fingerprint density at radius 1 is 1.41 bits per heavy atom. The molecule has 2 unspecified atom stereocenters. The van der Waals surface area contributed by atoms with Gasteiger partial charge in [-0.3, -0.25) is 14.8 Å². The highest BCUT2D eigenvalue weighted by Crippen LogP contribution is 2.27. The zero-order valence-electron chi connectivity index (χ0n) is 9.85. The molecule has 0 aliphatic carbocycles. The third-order valence-electron chi connectivity index (χ3n) is 3.93. The first-order valence-electron chi connectivity index (χ1n) is 6.38. The number of hydrogen-bond donors (Lipinski definition) is 2. The van der Waals surface area contributed by atoms with Gasteiger partial charge in [-0.2, -0.15) is 5.10 Å². The topological polar surface area (TPSA) is 61.0 Å². The Labute approximate surface area is 101 Å². The Morgan fingerprint density at radius 3 is 3.18 bits per heavy atom. The summed E-state index contributed by atoms with van der Waals surface area (Å²) in [6, 6.07) is 0.873. The fourth-order valence-electron chi connectivity index (χ4n) is 3.04. The quantitative estimate of drug-likeness (QED) is 0.794. The molecule has 1 aromatic rings. The van der Waals surface area contributed by atoms with Crippen LogP contribution in [0.3, 0.4) is 0 Å². The number of rotatable bonds is 2. The number of hydrogen-bond acceptors (Lipinski definition) is 3. The zero-order chi connectivity index (χ0) is 11.7. The van der Waals surface area contributed by atoms with Crippen molar-refractivity contribution in [3.8, 4) is 0 Å². The van der Waals surface area contributed by atoms with Crippen LogP contribution in [0.25, 0.3) is 0 Å². The molecule has 1 aromatic heterocycles. The molecule has 2 N–H and O–H groups in total. The van der Waals surface area contributed by atoms with Crippen molar-refractivity contribution < 1.29 is 4.79 Å². The van der Waals surface area contributed by atoms with E-state index >= 15 is 0 Å². The van der Waals surface area contributed by atoms with E-state index in [0.717, 1.165) is 13.0 Å². The molecule has 17 heavy (non-hydrogen) atoms. The number of aromatic nitrogens is 2. The lowest BCUT2D eigenvalue weighted by Crippen LogP contribution is -2.46. The van der Waals surface area contributed by atoms with Crippen molar-refractivity contribution in [2.75, 3.05) is 13.1 Å². The molecule has 1 amide bonds. The molecule has 0 bridgehead atoms. The third-order valence-corrected chi connectivity index (χ3v) is 3.93. The molecule has 5 nitrogen and oxygen atoms in total. The smallest absolute Gasteiger partial charge is 0.254 e. The van der Waals surface area contributed by atoms with E-state index in [1.54, 1.807) is 12.4 Å². The second kappa shape index (κ2) is 4.49. The molecule has 2 saturated heterocycles. The lowest BCUT2D eigenvalue weighted by molar-refractivity contribution is 0.0915. The van der Waals surface area contributed by atoms with Gasteiger partial charge in [0.15, 0.2) is 0 Å². The third kappa shape index (κ3) is 2.07. The van der Waals surface area contributed by atoms with Crippen molar-refractivity contribution in [3.05, 3.63) is 18.0 Å². The molecule has 2 fully saturated rings. The fraction of sp³-hybridized carbons (Fsp3) is 0.667. The molecule has 3 heterocycles. The van der Waals surface area contributed by atoms with Gasteiger partial charge in [0.05, 0.1) is 11.8 Å². The summed E-state index contributed by atoms with van der Waals surface area (Å²) in [5.41, 5.74) is 0.624. The number of piperidine rings is 1. The molecule has 2 aliphatic heterocycles. The van der Waals surface area contributed by atoms with Crippen molar-refractivity contribution in [2.45, 2.75) is 37.8 Å². The monoisotopic (exact) mass is 234 g/mol. The van der Waals surface area contributed by atoms with E-state index in [-0.39, 0.29) is 5.91 Å². The summed E-state index contributed by atoms with van der Waals surface area (Å²) >= 11 is 0. The summed E-state index contributed by atoms with van der Waals surface area (Å²) in [7, 11) is 0. The molecule has 0 spiro atoms. The summed E-state index contributed by atoms with van der Waals surface area (Å²) in [6.07, 6.45) is 8.11. The van der Waals surface area contributed by atoms with Crippen molar-refractivity contribution in [1.82, 2.24) is 20.4 Å². The number of H-pyrrole nitrogens is 1. The maximum atomic E-state index is 11.9. The van der Waals surface area contributed by atoms with Crippen molar-refractivity contribution in [3.63, 3.8) is 0 Å². The van der Waals surface area contributed by atoms with E-state index in [9.17, 15) is 4.79 Å². The first-order valence-corrected chi connectivity index (χ1v) is 6.38. The lowest BCUT2D eigenvalue weighted by atomic mass is 9.99. The molecule has 0 saturated carbocycles. The van der Waals surface area contributed by atoms with E-state index in [1.807, 2.05) is 0 Å². The SMILES string of the molecule is O=C(NC1CCN2CCCCC12)c1cn[nH]c1. The minimum Gasteiger partial charge on any atom is -0.348 e. The van der Waals surface area contributed by atoms with E-state index in [0.29, 0.717) is 17.6 Å². The van der Waals surface area contributed by atoms with E-state index in [4.69, 9.17) is 0 Å². The van der Waals surface area contributed by atoms with Crippen molar-refractivity contribution in [2.24, 2.45) is 0 Å². The van der Waals surface area contributed by atoms with Crippen molar-refractivity contribution in [1.29, 1.82) is 0 Å². The van der Waals surface area contributed by atoms with Crippen LogP contribution in [-0.2, 0) is 0 Å². The highest BCUT2D eigenvalue weighted by atomic mass is 16.1. The van der Waals surface area contributed by atoms with Crippen LogP contribution in [-0.4, -0.2) is 46.2 Å². The van der Waals surface area contributed by atoms with Gasteiger partial charge in [-0.1, -0.05) is 6.42 Å². The van der Waals surface area contributed by atoms with Crippen LogP contribution >= 0.6 is 0 Å². The Morgan fingerprint density at radius 2 is 2.35 bits per heavy atom. The van der Waals surface area contributed by atoms with Crippen molar-refractivity contribution >= 4 is 5.91 Å². The molecule has 2 atom stereocenters. The van der Waals surface area contributed by atoms with Crippen LogP contribution in [0.1, 0.15) is 36.0 Å². The molecule has 0 aromatic carbocycles. The maximum Gasteiger partial charge on any atom is 0.254 e. The van der Waals surface area contributed by atoms with Gasteiger partial charge in [-0.05, 0) is 25.8 Å². The van der Waals surface area contributed by atoms with Gasteiger partial charge in [0.25, 0.3) is 5.91 Å². The van der Waals surface area contributed by atoms with Gasteiger partial charge < -0.3 is 5.32 Å². The van der Waals surface area contributed by atoms with E-state index in [2.05, 4.69) is 20.4 Å². The van der Waals surface area contributed by atoms with Gasteiger partial charge >= 0.3 is 0 Å². The lowest BCUT2D eigenvalue weighted by Gasteiger charge is -2.32. The molecule has 5 heteroatoms. The first kappa shape index (κ1) is 10.8. The van der Waals surface area contributed by atoms with Crippen LogP contribution in [0.2, 0.25) is 0 Å². The van der Waals surface area contributed by atoms with Gasteiger partial charge in [-0.15, -0.1) is 0 Å². The number of nitrogens with zero attached hydrogens (tertiary/aromatic N) is 2. The second-order valence-electron chi connectivity index (χ2n) is 4.95. The van der Waals surface area contributed by atoms with Gasteiger partial charge in [0.2, 0.25) is 0 Å². The van der Waals surface area contributed by atoms with Gasteiger partial charge in [-0.25, -0.2) is 0 Å². The van der Waals surface area contributed by atoms with Crippen LogP contribution < -0.4 is 5.32 Å². The maximum absolute atomic E-state index is 11.9. The molecule has 0 radical (unpaired) electrons. The van der Waals surface area contributed by atoms with Gasteiger partial charge in [0, 0.05) is 24.8 Å². The number of carbonyl (C=O) groups excluding carboxylic acids is 1. The normalized spacial score (nSPS) is 28.9. The summed E-state index contributed by atoms with van der Waals surface area (Å²) in [5, 5.41) is 9.61. The summed E-state index contributed by atoms with van der Waals surface area (Å²) in [4.78, 5) is 14.5. The minimum atomic E-state index is -0.00354. The first-order chi connectivity index (χ1) is 8.34. The zero-order valence-corrected chi connectivity index (χ0v) is 9.85. The van der Waals surface area contributed by atoms with Crippen LogP contribution in [0, 0.1) is 0 Å². The summed E-state index contributed by atoms with van der Waals surface area (Å²) in [5.74, 6) is -0.00354. The summed E-state index contributed by atoms with van der Waals surface area (Å²) in [6.45, 7) is 2.32. The van der Waals surface area contributed by atoms with E-state index in [1.165, 1.54) is 25.8 Å². The number of carbonyl (C=O) groups is 1. The molecular weight excluding hydrogens is 216 g/mol. The Kier molecular flexibility index (Phi) is 2.84. The molecule has 3 rings (SSSR count). The number of amides is 1. The van der Waals surface area contributed by atoms with Crippen LogP contribution in [0.4, 0.5) is 0 Å². The highest BCUT2D eigenvalue weighted by molar-refractivity contribution is 5.93. The number of fused-ring (bicyclic) bond motifs is 1. The standard InChI is InChI=1S/C12H18N4O/c17-12(9-7-13-14-8-9)15-10-4-6-16-5-2-1-3-11(10)16/h7-8,10-11H,1-6H2,(H,13,14)(H,15,17). The van der Waals surface area contributed by atoms with Crippen LogP contribution in [0.15, 0.2) is 12.4 Å². The second-order valence-corrected chi connectivity index (χ2v) is 4.95. The van der Waals surface area contributed by atoms with Crippen LogP contribution in [0.5, 0.6) is 0 Å². The molecular formula is C12H18N4O. The molecule has 92 valence electrons. The predicted octanol–water partition coefficient (Wildman–Crippen LogP) is 0.766. The Bertz CT molecular complexity index is 389. The summed E-state index contributed by atoms with van der Waals surface area (Å²) < 4.78 is 0. The predicted molar refractivity (Wildman–Crippen MR) is 63.7 cm³/mol. The molecule has 2 aliphatic rings.